The molecule has 0 atom stereocenters. The standard InChI is InChI=1S/C19H25N3O2S.HI/c1-4-15-7-6-8-16(5-2)18(15)22-19(20)21-13-14-9-11-17(12-10-14)25(3,23)24;/h6-12H,4-5,13H2,1-3H3,(H3,20,21,22);1H. The van der Waals surface area contributed by atoms with Gasteiger partial charge in [-0.15, -0.1) is 24.0 Å². The molecule has 0 fully saturated rings. The predicted octanol–water partition coefficient (Wildman–Crippen LogP) is 3.76. The van der Waals surface area contributed by atoms with Crippen molar-refractivity contribution in [2.45, 2.75) is 38.1 Å². The van der Waals surface area contributed by atoms with Crippen LogP contribution in [0.4, 0.5) is 5.69 Å². The van der Waals surface area contributed by atoms with Gasteiger partial charge in [0.1, 0.15) is 0 Å². The Morgan fingerprint density at radius 1 is 1.04 bits per heavy atom. The molecule has 0 unspecified atom stereocenters. The van der Waals surface area contributed by atoms with E-state index in [2.05, 4.69) is 42.4 Å². The van der Waals surface area contributed by atoms with Crippen LogP contribution >= 0.6 is 24.0 Å². The van der Waals surface area contributed by atoms with Gasteiger partial charge in [0.2, 0.25) is 0 Å². The van der Waals surface area contributed by atoms with Crippen LogP contribution in [0.15, 0.2) is 52.4 Å². The number of halogens is 1. The van der Waals surface area contributed by atoms with Crippen LogP contribution in [-0.2, 0) is 29.2 Å². The summed E-state index contributed by atoms with van der Waals surface area (Å²) >= 11 is 0. The molecular weight excluding hydrogens is 461 g/mol. The van der Waals surface area contributed by atoms with E-state index in [0.29, 0.717) is 17.4 Å². The highest BCUT2D eigenvalue weighted by molar-refractivity contribution is 14.0. The number of hydrogen-bond donors (Lipinski definition) is 2. The van der Waals surface area contributed by atoms with Crippen LogP contribution in [0.5, 0.6) is 0 Å². The summed E-state index contributed by atoms with van der Waals surface area (Å²) in [6, 6.07) is 12.9. The molecule has 0 aliphatic carbocycles. The van der Waals surface area contributed by atoms with Crippen molar-refractivity contribution in [2.24, 2.45) is 10.7 Å². The van der Waals surface area contributed by atoms with E-state index in [1.165, 1.54) is 17.4 Å². The van der Waals surface area contributed by atoms with Gasteiger partial charge in [-0.05, 0) is 41.7 Å². The zero-order valence-electron chi connectivity index (χ0n) is 15.3. The highest BCUT2D eigenvalue weighted by Crippen LogP contribution is 2.22. The Bertz CT molecular complexity index is 841. The summed E-state index contributed by atoms with van der Waals surface area (Å²) in [7, 11) is -3.18. The van der Waals surface area contributed by atoms with Crippen molar-refractivity contribution in [3.63, 3.8) is 0 Å². The van der Waals surface area contributed by atoms with Gasteiger partial charge in [-0.25, -0.2) is 13.4 Å². The summed E-state index contributed by atoms with van der Waals surface area (Å²) in [5.41, 5.74) is 10.4. The lowest BCUT2D eigenvalue weighted by Gasteiger charge is -2.14. The van der Waals surface area contributed by atoms with Crippen LogP contribution in [0.25, 0.3) is 0 Å². The third-order valence-corrected chi connectivity index (χ3v) is 5.16. The quantitative estimate of drug-likeness (QED) is 0.369. The van der Waals surface area contributed by atoms with Crippen molar-refractivity contribution in [3.05, 3.63) is 59.2 Å². The molecule has 2 rings (SSSR count). The van der Waals surface area contributed by atoms with Gasteiger partial charge in [-0.1, -0.05) is 44.2 Å². The lowest BCUT2D eigenvalue weighted by Crippen LogP contribution is -2.24. The molecule has 142 valence electrons. The second kappa shape index (κ2) is 9.91. The SMILES string of the molecule is CCc1cccc(CC)c1NC(N)=NCc1ccc(S(C)(=O)=O)cc1.I. The summed E-state index contributed by atoms with van der Waals surface area (Å²) in [5, 5.41) is 3.22. The van der Waals surface area contributed by atoms with E-state index in [0.717, 1.165) is 24.1 Å². The maximum atomic E-state index is 11.5. The average Bonchev–Trinajstić information content (AvgIpc) is 2.59. The molecule has 0 saturated carbocycles. The number of benzene rings is 2. The molecule has 0 amide bonds. The maximum absolute atomic E-state index is 11.5. The number of hydrogen-bond acceptors (Lipinski definition) is 3. The number of anilines is 1. The minimum Gasteiger partial charge on any atom is -0.370 e. The van der Waals surface area contributed by atoms with E-state index in [-0.39, 0.29) is 24.0 Å². The zero-order valence-corrected chi connectivity index (χ0v) is 18.5. The van der Waals surface area contributed by atoms with Crippen molar-refractivity contribution < 1.29 is 8.42 Å². The molecule has 0 spiro atoms. The number of nitrogens with one attached hydrogen (secondary N) is 1. The summed E-state index contributed by atoms with van der Waals surface area (Å²) in [4.78, 5) is 4.67. The Morgan fingerprint density at radius 2 is 1.58 bits per heavy atom. The molecule has 0 heterocycles. The summed E-state index contributed by atoms with van der Waals surface area (Å²) in [5.74, 6) is 0.350. The zero-order chi connectivity index (χ0) is 18.4. The Balaban J connectivity index is 0.00000338. The minimum absolute atomic E-state index is 0. The van der Waals surface area contributed by atoms with Gasteiger partial charge in [-0.3, -0.25) is 0 Å². The van der Waals surface area contributed by atoms with E-state index in [1.807, 2.05) is 0 Å². The topological polar surface area (TPSA) is 84.5 Å². The van der Waals surface area contributed by atoms with Gasteiger partial charge in [0, 0.05) is 11.9 Å². The second-order valence-electron chi connectivity index (χ2n) is 5.90. The van der Waals surface area contributed by atoms with E-state index in [9.17, 15) is 8.42 Å². The van der Waals surface area contributed by atoms with Gasteiger partial charge in [-0.2, -0.15) is 0 Å². The van der Waals surface area contributed by atoms with E-state index < -0.39 is 9.84 Å². The molecule has 0 aromatic heterocycles. The Kier molecular flexibility index (Phi) is 8.55. The minimum atomic E-state index is -3.18. The van der Waals surface area contributed by atoms with Crippen molar-refractivity contribution in [1.29, 1.82) is 0 Å². The summed E-state index contributed by atoms with van der Waals surface area (Å²) < 4.78 is 23.0. The molecule has 0 aliphatic rings. The monoisotopic (exact) mass is 487 g/mol. The first kappa shape index (κ1) is 22.4. The fourth-order valence-electron chi connectivity index (χ4n) is 2.59. The van der Waals surface area contributed by atoms with Gasteiger partial charge < -0.3 is 11.1 Å². The van der Waals surface area contributed by atoms with Gasteiger partial charge in [0.15, 0.2) is 15.8 Å². The Labute approximate surface area is 173 Å². The van der Waals surface area contributed by atoms with E-state index in [4.69, 9.17) is 5.73 Å². The first-order valence-corrected chi connectivity index (χ1v) is 10.2. The first-order valence-electron chi connectivity index (χ1n) is 8.31. The van der Waals surface area contributed by atoms with Crippen LogP contribution in [0.2, 0.25) is 0 Å². The fraction of sp³-hybridized carbons (Fsp3) is 0.316. The molecule has 26 heavy (non-hydrogen) atoms. The molecule has 0 saturated heterocycles. The predicted molar refractivity (Wildman–Crippen MR) is 119 cm³/mol. The number of aryl methyl sites for hydroxylation is 2. The number of aliphatic imine (C=N–C) groups is 1. The molecule has 2 aromatic rings. The van der Waals surface area contributed by atoms with E-state index in [1.54, 1.807) is 24.3 Å². The van der Waals surface area contributed by atoms with Gasteiger partial charge >= 0.3 is 0 Å². The summed E-state index contributed by atoms with van der Waals surface area (Å²) in [6.07, 6.45) is 3.02. The number of rotatable bonds is 6. The first-order chi connectivity index (χ1) is 11.8. The number of nitrogens with two attached hydrogens (primary N) is 1. The highest BCUT2D eigenvalue weighted by atomic mass is 127. The average molecular weight is 487 g/mol. The largest absolute Gasteiger partial charge is 0.370 e. The van der Waals surface area contributed by atoms with Crippen LogP contribution in [0.1, 0.15) is 30.5 Å². The molecule has 3 N–H and O–H groups in total. The van der Waals surface area contributed by atoms with Crippen LogP contribution in [0.3, 0.4) is 0 Å². The maximum Gasteiger partial charge on any atom is 0.193 e. The number of nitrogens with zero attached hydrogens (tertiary/aromatic N) is 1. The van der Waals surface area contributed by atoms with Crippen LogP contribution < -0.4 is 11.1 Å². The van der Waals surface area contributed by atoms with Gasteiger partial charge in [0.25, 0.3) is 0 Å². The van der Waals surface area contributed by atoms with Crippen LogP contribution in [0, 0.1) is 0 Å². The third kappa shape index (κ3) is 5.98. The number of guanidine groups is 1. The van der Waals surface area contributed by atoms with Crippen molar-refractivity contribution in [3.8, 4) is 0 Å². The number of sulfone groups is 1. The Morgan fingerprint density at radius 3 is 2.04 bits per heavy atom. The normalized spacial score (nSPS) is 11.7. The Hall–Kier alpha value is -1.61. The van der Waals surface area contributed by atoms with Crippen LogP contribution in [-0.4, -0.2) is 20.6 Å². The fourth-order valence-corrected chi connectivity index (χ4v) is 3.22. The summed E-state index contributed by atoms with van der Waals surface area (Å²) in [6.45, 7) is 4.60. The third-order valence-electron chi connectivity index (χ3n) is 4.04. The lowest BCUT2D eigenvalue weighted by atomic mass is 10.0. The van der Waals surface area contributed by atoms with E-state index >= 15 is 0 Å². The van der Waals surface area contributed by atoms with Crippen molar-refractivity contribution in [1.82, 2.24) is 0 Å². The molecule has 5 nitrogen and oxygen atoms in total. The molecule has 0 bridgehead atoms. The molecule has 2 aromatic carbocycles. The molecular formula is C19H26IN3O2S. The smallest absolute Gasteiger partial charge is 0.193 e. The van der Waals surface area contributed by atoms with Crippen molar-refractivity contribution in [2.75, 3.05) is 11.6 Å². The molecule has 0 aliphatic heterocycles. The second-order valence-corrected chi connectivity index (χ2v) is 7.92. The molecule has 0 radical (unpaired) electrons. The van der Waals surface area contributed by atoms with Crippen molar-refractivity contribution >= 4 is 45.5 Å². The van der Waals surface area contributed by atoms with Gasteiger partial charge in [0.05, 0.1) is 11.4 Å². The highest BCUT2D eigenvalue weighted by Gasteiger charge is 2.08. The molecule has 7 heteroatoms. The lowest BCUT2D eigenvalue weighted by molar-refractivity contribution is 0.602. The number of para-hydroxylation sites is 1.